The lowest BCUT2D eigenvalue weighted by atomic mass is 10.2. The van der Waals surface area contributed by atoms with Gasteiger partial charge >= 0.3 is 0 Å². The molecule has 0 spiro atoms. The van der Waals surface area contributed by atoms with Crippen LogP contribution in [0.15, 0.2) is 60.9 Å². The van der Waals surface area contributed by atoms with Crippen molar-refractivity contribution in [2.45, 2.75) is 19.4 Å². The van der Waals surface area contributed by atoms with E-state index in [9.17, 15) is 4.79 Å². The monoisotopic (exact) mass is 374 g/mol. The van der Waals surface area contributed by atoms with Gasteiger partial charge in [0.1, 0.15) is 5.69 Å². The van der Waals surface area contributed by atoms with Gasteiger partial charge in [0, 0.05) is 36.9 Å². The number of anilines is 3. The quantitative estimate of drug-likeness (QED) is 0.689. The second-order valence-electron chi connectivity index (χ2n) is 6.64. The van der Waals surface area contributed by atoms with E-state index in [0.29, 0.717) is 18.2 Å². The summed E-state index contributed by atoms with van der Waals surface area (Å²) >= 11 is 0. The summed E-state index contributed by atoms with van der Waals surface area (Å²) < 4.78 is 0. The van der Waals surface area contributed by atoms with E-state index in [1.165, 1.54) is 18.5 Å². The number of benzene rings is 1. The highest BCUT2D eigenvalue weighted by atomic mass is 16.1. The Bertz CT molecular complexity index is 923. The number of carbonyl (C=O) groups is 1. The average molecular weight is 374 g/mol. The summed E-state index contributed by atoms with van der Waals surface area (Å²) in [7, 11) is 0. The number of hydrogen-bond donors (Lipinski definition) is 2. The zero-order chi connectivity index (χ0) is 19.2. The number of amides is 1. The zero-order valence-electron chi connectivity index (χ0n) is 15.5. The van der Waals surface area contributed by atoms with Crippen molar-refractivity contribution < 1.29 is 4.79 Å². The number of nitrogens with zero attached hydrogens (tertiary/aromatic N) is 4. The third kappa shape index (κ3) is 4.43. The molecule has 1 fully saturated rings. The minimum atomic E-state index is -0.266. The van der Waals surface area contributed by atoms with Crippen LogP contribution in [0.4, 0.5) is 17.3 Å². The van der Waals surface area contributed by atoms with Gasteiger partial charge in [-0.3, -0.25) is 9.78 Å². The number of rotatable bonds is 6. The fourth-order valence-electron chi connectivity index (χ4n) is 3.17. The summed E-state index contributed by atoms with van der Waals surface area (Å²) in [4.78, 5) is 27.6. The minimum absolute atomic E-state index is 0.266. The van der Waals surface area contributed by atoms with Gasteiger partial charge in [-0.2, -0.15) is 0 Å². The average Bonchev–Trinajstić information content (AvgIpc) is 3.29. The molecule has 1 aliphatic heterocycles. The van der Waals surface area contributed by atoms with Gasteiger partial charge in [0.2, 0.25) is 5.95 Å². The highest BCUT2D eigenvalue weighted by Gasteiger charge is 2.13. The van der Waals surface area contributed by atoms with E-state index in [1.807, 2.05) is 42.5 Å². The lowest BCUT2D eigenvalue weighted by molar-refractivity contribution is 0.102. The first-order valence-electron chi connectivity index (χ1n) is 9.41. The Morgan fingerprint density at radius 3 is 2.54 bits per heavy atom. The fourth-order valence-corrected chi connectivity index (χ4v) is 3.17. The molecule has 7 nitrogen and oxygen atoms in total. The van der Waals surface area contributed by atoms with Gasteiger partial charge in [0.25, 0.3) is 5.91 Å². The van der Waals surface area contributed by atoms with E-state index in [0.717, 1.165) is 24.5 Å². The molecule has 0 aliphatic carbocycles. The Morgan fingerprint density at radius 1 is 0.964 bits per heavy atom. The van der Waals surface area contributed by atoms with Gasteiger partial charge < -0.3 is 15.5 Å². The van der Waals surface area contributed by atoms with Crippen LogP contribution in [0.25, 0.3) is 0 Å². The van der Waals surface area contributed by atoms with Crippen molar-refractivity contribution in [2.75, 3.05) is 28.6 Å². The molecule has 0 saturated carbocycles. The first kappa shape index (κ1) is 17.9. The SMILES string of the molecule is O=C(Nc1ccc(N2CCCC2)cc1)c1ccnc(NCc2ccccn2)n1. The number of nitrogens with one attached hydrogen (secondary N) is 2. The van der Waals surface area contributed by atoms with Crippen molar-refractivity contribution in [3.63, 3.8) is 0 Å². The van der Waals surface area contributed by atoms with Gasteiger partial charge in [0.05, 0.1) is 12.2 Å². The molecule has 1 amide bonds. The van der Waals surface area contributed by atoms with Crippen LogP contribution < -0.4 is 15.5 Å². The fraction of sp³-hybridized carbons (Fsp3) is 0.238. The molecular formula is C21H22N6O. The van der Waals surface area contributed by atoms with Crippen molar-refractivity contribution in [1.29, 1.82) is 0 Å². The summed E-state index contributed by atoms with van der Waals surface area (Å²) in [5.74, 6) is 0.125. The molecular weight excluding hydrogens is 352 g/mol. The molecule has 3 aromatic rings. The van der Waals surface area contributed by atoms with E-state index in [2.05, 4.69) is 30.5 Å². The molecule has 142 valence electrons. The predicted octanol–water partition coefficient (Wildman–Crippen LogP) is 3.34. The van der Waals surface area contributed by atoms with Crippen molar-refractivity contribution >= 4 is 23.2 Å². The third-order valence-electron chi connectivity index (χ3n) is 4.64. The van der Waals surface area contributed by atoms with E-state index < -0.39 is 0 Å². The molecule has 28 heavy (non-hydrogen) atoms. The topological polar surface area (TPSA) is 83.0 Å². The van der Waals surface area contributed by atoms with Crippen molar-refractivity contribution in [1.82, 2.24) is 15.0 Å². The van der Waals surface area contributed by atoms with Crippen molar-refractivity contribution in [3.8, 4) is 0 Å². The van der Waals surface area contributed by atoms with Gasteiger partial charge in [-0.15, -0.1) is 0 Å². The second kappa shape index (κ2) is 8.47. The van der Waals surface area contributed by atoms with Crippen LogP contribution in [0, 0.1) is 0 Å². The Labute approximate surface area is 163 Å². The summed E-state index contributed by atoms with van der Waals surface area (Å²) in [5, 5.41) is 5.98. The first-order chi connectivity index (χ1) is 13.8. The zero-order valence-corrected chi connectivity index (χ0v) is 15.5. The largest absolute Gasteiger partial charge is 0.372 e. The molecule has 1 saturated heterocycles. The maximum atomic E-state index is 12.5. The molecule has 2 N–H and O–H groups in total. The first-order valence-corrected chi connectivity index (χ1v) is 9.41. The van der Waals surface area contributed by atoms with E-state index in [1.54, 1.807) is 18.5 Å². The van der Waals surface area contributed by atoms with Crippen LogP contribution in [-0.2, 0) is 6.54 Å². The molecule has 4 rings (SSSR count). The number of aromatic nitrogens is 3. The lowest BCUT2D eigenvalue weighted by Gasteiger charge is -2.17. The van der Waals surface area contributed by atoms with Crippen LogP contribution in [0.3, 0.4) is 0 Å². The number of hydrogen-bond acceptors (Lipinski definition) is 6. The molecule has 2 aromatic heterocycles. The molecule has 7 heteroatoms. The van der Waals surface area contributed by atoms with Crippen LogP contribution in [0.2, 0.25) is 0 Å². The third-order valence-corrected chi connectivity index (χ3v) is 4.64. The molecule has 0 atom stereocenters. The van der Waals surface area contributed by atoms with E-state index in [4.69, 9.17) is 0 Å². The standard InChI is InChI=1S/C21H22N6O/c28-20(25-16-6-8-18(9-7-16)27-13-3-4-14-27)19-10-12-23-21(26-19)24-15-17-5-1-2-11-22-17/h1-2,5-12H,3-4,13-15H2,(H,25,28)(H,23,24,26). The molecule has 1 aromatic carbocycles. The summed E-state index contributed by atoms with van der Waals surface area (Å²) in [6.07, 6.45) is 5.78. The Balaban J connectivity index is 1.37. The van der Waals surface area contributed by atoms with Gasteiger partial charge in [-0.25, -0.2) is 9.97 Å². The van der Waals surface area contributed by atoms with Crippen LogP contribution in [0.5, 0.6) is 0 Å². The maximum Gasteiger partial charge on any atom is 0.274 e. The number of pyridine rings is 1. The van der Waals surface area contributed by atoms with Crippen molar-refractivity contribution in [3.05, 3.63) is 72.3 Å². The summed E-state index contributed by atoms with van der Waals surface area (Å²) in [5.41, 5.74) is 3.12. The molecule has 0 unspecified atom stereocenters. The summed E-state index contributed by atoms with van der Waals surface area (Å²) in [6.45, 7) is 2.69. The maximum absolute atomic E-state index is 12.5. The van der Waals surface area contributed by atoms with E-state index >= 15 is 0 Å². The lowest BCUT2D eigenvalue weighted by Crippen LogP contribution is -2.18. The highest BCUT2D eigenvalue weighted by Crippen LogP contribution is 2.22. The van der Waals surface area contributed by atoms with Gasteiger partial charge in [0.15, 0.2) is 0 Å². The van der Waals surface area contributed by atoms with Gasteiger partial charge in [-0.1, -0.05) is 6.07 Å². The van der Waals surface area contributed by atoms with E-state index in [-0.39, 0.29) is 5.91 Å². The smallest absolute Gasteiger partial charge is 0.274 e. The molecule has 3 heterocycles. The molecule has 0 radical (unpaired) electrons. The van der Waals surface area contributed by atoms with Gasteiger partial charge in [-0.05, 0) is 55.3 Å². The Hall–Kier alpha value is -3.48. The van der Waals surface area contributed by atoms with Crippen LogP contribution in [0.1, 0.15) is 29.0 Å². The number of carbonyl (C=O) groups excluding carboxylic acids is 1. The molecule has 1 aliphatic rings. The Kier molecular flexibility index (Phi) is 5.42. The minimum Gasteiger partial charge on any atom is -0.372 e. The predicted molar refractivity (Wildman–Crippen MR) is 109 cm³/mol. The highest BCUT2D eigenvalue weighted by molar-refractivity contribution is 6.03. The van der Waals surface area contributed by atoms with Crippen LogP contribution in [-0.4, -0.2) is 33.9 Å². The van der Waals surface area contributed by atoms with Crippen molar-refractivity contribution in [2.24, 2.45) is 0 Å². The second-order valence-corrected chi connectivity index (χ2v) is 6.64. The summed E-state index contributed by atoms with van der Waals surface area (Å²) in [6, 6.07) is 15.2. The van der Waals surface area contributed by atoms with Crippen LogP contribution >= 0.6 is 0 Å². The normalized spacial score (nSPS) is 13.4. The Morgan fingerprint density at radius 2 is 1.79 bits per heavy atom. The molecule has 0 bridgehead atoms.